The van der Waals surface area contributed by atoms with Gasteiger partial charge in [-0.1, -0.05) is 30.1 Å². The highest BCUT2D eigenvalue weighted by Crippen LogP contribution is 2.36. The number of amides is 1. The molecule has 0 heterocycles. The van der Waals surface area contributed by atoms with Gasteiger partial charge in [0, 0.05) is 12.2 Å². The van der Waals surface area contributed by atoms with Crippen LogP contribution in [0.15, 0.2) is 41.3 Å². The lowest BCUT2D eigenvalue weighted by Gasteiger charge is -2.13. The van der Waals surface area contributed by atoms with E-state index < -0.39 is 39.3 Å². The summed E-state index contributed by atoms with van der Waals surface area (Å²) in [6.07, 6.45) is -4.06. The largest absolute Gasteiger partial charge is 0.482 e. The van der Waals surface area contributed by atoms with Crippen molar-refractivity contribution in [1.29, 1.82) is 0 Å². The monoisotopic (exact) mass is 484 g/mol. The molecule has 0 aliphatic rings. The molecule has 0 saturated carbocycles. The van der Waals surface area contributed by atoms with Gasteiger partial charge in [0.15, 0.2) is 6.61 Å². The first-order valence-corrected chi connectivity index (χ1v) is 10.8. The minimum Gasteiger partial charge on any atom is -0.482 e. The predicted octanol–water partition coefficient (Wildman–Crippen LogP) is 4.72. The zero-order valence-electron chi connectivity index (χ0n) is 15.5. The highest BCUT2D eigenvalue weighted by atomic mass is 35.5. The number of anilines is 1. The summed E-state index contributed by atoms with van der Waals surface area (Å²) in [5.41, 5.74) is -1.20. The number of carbonyl (C=O) groups is 1. The van der Waals surface area contributed by atoms with Crippen molar-refractivity contribution in [2.75, 3.05) is 18.5 Å². The van der Waals surface area contributed by atoms with Crippen LogP contribution >= 0.6 is 23.2 Å². The van der Waals surface area contributed by atoms with Gasteiger partial charge in [0.25, 0.3) is 5.91 Å². The SMILES string of the molecule is CCCNS(=O)(=O)c1ccc(OCC(=O)Nc2ccc(Cl)c(C(F)(F)F)c2)c(Cl)c1. The summed E-state index contributed by atoms with van der Waals surface area (Å²) in [6.45, 7) is 1.51. The Morgan fingerprint density at radius 3 is 2.40 bits per heavy atom. The molecule has 0 fully saturated rings. The highest BCUT2D eigenvalue weighted by molar-refractivity contribution is 7.89. The Labute approximate surface area is 181 Å². The van der Waals surface area contributed by atoms with E-state index in [2.05, 4.69) is 10.0 Å². The lowest BCUT2D eigenvalue weighted by molar-refractivity contribution is -0.137. The number of benzene rings is 2. The summed E-state index contributed by atoms with van der Waals surface area (Å²) in [4.78, 5) is 11.9. The third-order valence-electron chi connectivity index (χ3n) is 3.67. The van der Waals surface area contributed by atoms with Crippen molar-refractivity contribution in [3.05, 3.63) is 52.0 Å². The van der Waals surface area contributed by atoms with Crippen molar-refractivity contribution in [2.45, 2.75) is 24.4 Å². The van der Waals surface area contributed by atoms with Crippen LogP contribution in [0.4, 0.5) is 18.9 Å². The molecule has 0 saturated heterocycles. The van der Waals surface area contributed by atoms with E-state index in [-0.39, 0.29) is 27.9 Å². The molecule has 12 heteroatoms. The zero-order valence-corrected chi connectivity index (χ0v) is 17.8. The van der Waals surface area contributed by atoms with Crippen LogP contribution in [0.1, 0.15) is 18.9 Å². The first-order chi connectivity index (χ1) is 13.9. The molecule has 2 aromatic rings. The Hall–Kier alpha value is -2.01. The van der Waals surface area contributed by atoms with Crippen molar-refractivity contribution >= 4 is 44.8 Å². The third-order valence-corrected chi connectivity index (χ3v) is 5.75. The van der Waals surface area contributed by atoms with Crippen LogP contribution in [0.5, 0.6) is 5.75 Å². The maximum absolute atomic E-state index is 12.9. The van der Waals surface area contributed by atoms with Crippen molar-refractivity contribution in [3.8, 4) is 5.75 Å². The van der Waals surface area contributed by atoms with Gasteiger partial charge in [-0.2, -0.15) is 13.2 Å². The smallest absolute Gasteiger partial charge is 0.417 e. The van der Waals surface area contributed by atoms with Crippen LogP contribution in [-0.2, 0) is 21.0 Å². The number of alkyl halides is 3. The Balaban J connectivity index is 2.03. The predicted molar refractivity (Wildman–Crippen MR) is 108 cm³/mol. The lowest BCUT2D eigenvalue weighted by Crippen LogP contribution is -2.24. The van der Waals surface area contributed by atoms with E-state index in [9.17, 15) is 26.4 Å². The summed E-state index contributed by atoms with van der Waals surface area (Å²) >= 11 is 11.5. The molecular weight excluding hydrogens is 468 g/mol. The number of hydrogen-bond acceptors (Lipinski definition) is 4. The number of hydrogen-bond donors (Lipinski definition) is 2. The normalized spacial score (nSPS) is 11.9. The molecule has 0 unspecified atom stereocenters. The van der Waals surface area contributed by atoms with Gasteiger partial charge in [-0.15, -0.1) is 0 Å². The Morgan fingerprint density at radius 1 is 1.10 bits per heavy atom. The molecule has 0 aliphatic carbocycles. The molecule has 1 amide bonds. The van der Waals surface area contributed by atoms with Gasteiger partial charge in [0.1, 0.15) is 5.75 Å². The second kappa shape index (κ2) is 9.86. The molecule has 164 valence electrons. The van der Waals surface area contributed by atoms with Crippen LogP contribution < -0.4 is 14.8 Å². The van der Waals surface area contributed by atoms with E-state index >= 15 is 0 Å². The quantitative estimate of drug-likeness (QED) is 0.567. The van der Waals surface area contributed by atoms with E-state index in [0.717, 1.165) is 6.07 Å². The molecule has 0 atom stereocenters. The number of sulfonamides is 1. The van der Waals surface area contributed by atoms with Crippen molar-refractivity contribution in [2.24, 2.45) is 0 Å². The average Bonchev–Trinajstić information content (AvgIpc) is 2.66. The lowest BCUT2D eigenvalue weighted by atomic mass is 10.2. The molecule has 6 nitrogen and oxygen atoms in total. The molecule has 0 spiro atoms. The standard InChI is InChI=1S/C18H17Cl2F3N2O4S/c1-2-7-24-30(27,28)12-4-6-16(15(20)9-12)29-10-17(26)25-11-3-5-14(19)13(8-11)18(21,22)23/h3-6,8-9,24H,2,7,10H2,1H3,(H,25,26). The molecule has 0 aromatic heterocycles. The Morgan fingerprint density at radius 2 is 1.80 bits per heavy atom. The second-order valence-corrected chi connectivity index (χ2v) is 8.60. The van der Waals surface area contributed by atoms with E-state index in [0.29, 0.717) is 12.5 Å². The molecule has 2 N–H and O–H groups in total. The van der Waals surface area contributed by atoms with E-state index in [1.807, 2.05) is 6.92 Å². The highest BCUT2D eigenvalue weighted by Gasteiger charge is 2.33. The molecule has 0 radical (unpaired) electrons. The first kappa shape index (κ1) is 24.3. The Bertz CT molecular complexity index is 1030. The zero-order chi connectivity index (χ0) is 22.5. The van der Waals surface area contributed by atoms with Gasteiger partial charge in [-0.3, -0.25) is 4.79 Å². The van der Waals surface area contributed by atoms with Crippen LogP contribution in [-0.4, -0.2) is 27.5 Å². The van der Waals surface area contributed by atoms with Gasteiger partial charge < -0.3 is 10.1 Å². The van der Waals surface area contributed by atoms with E-state index in [1.165, 1.54) is 24.3 Å². The van der Waals surface area contributed by atoms with Gasteiger partial charge >= 0.3 is 6.18 Å². The van der Waals surface area contributed by atoms with Crippen molar-refractivity contribution in [3.63, 3.8) is 0 Å². The summed E-state index contributed by atoms with van der Waals surface area (Å²) in [5, 5.41) is 1.72. The Kier molecular flexibility index (Phi) is 7.98. The van der Waals surface area contributed by atoms with Gasteiger partial charge in [-0.05, 0) is 42.8 Å². The fourth-order valence-corrected chi connectivity index (χ4v) is 3.93. The molecule has 2 rings (SSSR count). The number of rotatable bonds is 8. The van der Waals surface area contributed by atoms with Crippen LogP contribution in [0.3, 0.4) is 0 Å². The molecule has 0 bridgehead atoms. The molecular formula is C18H17Cl2F3N2O4S. The van der Waals surface area contributed by atoms with Gasteiger partial charge in [-0.25, -0.2) is 13.1 Å². The first-order valence-electron chi connectivity index (χ1n) is 8.52. The second-order valence-electron chi connectivity index (χ2n) is 6.02. The molecule has 30 heavy (non-hydrogen) atoms. The average molecular weight is 485 g/mol. The van der Waals surface area contributed by atoms with Gasteiger partial charge in [0.2, 0.25) is 10.0 Å². The number of halogens is 5. The minimum absolute atomic E-state index is 0.0355. The molecule has 0 aliphatic heterocycles. The fraction of sp³-hybridized carbons (Fsp3) is 0.278. The van der Waals surface area contributed by atoms with Crippen molar-refractivity contribution < 1.29 is 31.1 Å². The summed E-state index contributed by atoms with van der Waals surface area (Å²) in [6, 6.07) is 6.64. The van der Waals surface area contributed by atoms with Crippen molar-refractivity contribution in [1.82, 2.24) is 4.72 Å². The fourth-order valence-electron chi connectivity index (χ4n) is 2.25. The minimum atomic E-state index is -4.67. The van der Waals surface area contributed by atoms with E-state index in [1.54, 1.807) is 0 Å². The summed E-state index contributed by atoms with van der Waals surface area (Å²) in [7, 11) is -3.73. The molecule has 2 aromatic carbocycles. The maximum atomic E-state index is 12.9. The van der Waals surface area contributed by atoms with Crippen LogP contribution in [0.25, 0.3) is 0 Å². The number of carbonyl (C=O) groups excluding carboxylic acids is 1. The van der Waals surface area contributed by atoms with Crippen LogP contribution in [0.2, 0.25) is 10.0 Å². The topological polar surface area (TPSA) is 84.5 Å². The van der Waals surface area contributed by atoms with Gasteiger partial charge in [0.05, 0.1) is 20.5 Å². The van der Waals surface area contributed by atoms with Crippen LogP contribution in [0, 0.1) is 0 Å². The number of nitrogens with one attached hydrogen (secondary N) is 2. The van der Waals surface area contributed by atoms with E-state index in [4.69, 9.17) is 27.9 Å². The summed E-state index contributed by atoms with van der Waals surface area (Å²) in [5.74, 6) is -0.712. The third kappa shape index (κ3) is 6.49. The maximum Gasteiger partial charge on any atom is 0.417 e. The summed E-state index contributed by atoms with van der Waals surface area (Å²) < 4.78 is 70.4. The number of ether oxygens (including phenoxy) is 1.